The van der Waals surface area contributed by atoms with E-state index in [-0.39, 0.29) is 15.5 Å². The van der Waals surface area contributed by atoms with Gasteiger partial charge >= 0.3 is 0 Å². The van der Waals surface area contributed by atoms with Gasteiger partial charge in [0.05, 0.1) is 10.6 Å². The summed E-state index contributed by atoms with van der Waals surface area (Å²) >= 11 is 3.14. The molecule has 3 rings (SSSR count). The quantitative estimate of drug-likeness (QED) is 0.563. The summed E-state index contributed by atoms with van der Waals surface area (Å²) in [6.45, 7) is 4.51. The number of nitrogens with one attached hydrogen (secondary N) is 1. The van der Waals surface area contributed by atoms with E-state index >= 15 is 0 Å². The molecule has 1 N–H and O–H groups in total. The molecule has 0 bridgehead atoms. The van der Waals surface area contributed by atoms with Crippen LogP contribution in [0.4, 0.5) is 10.1 Å². The monoisotopic (exact) mass is 506 g/mol. The summed E-state index contributed by atoms with van der Waals surface area (Å²) in [5.41, 5.74) is 0.743. The fourth-order valence-corrected chi connectivity index (χ4v) is 5.08. The molecule has 0 saturated heterocycles. The molecule has 0 aliphatic rings. The molecule has 0 unspecified atom stereocenters. The number of aromatic nitrogens is 1. The van der Waals surface area contributed by atoms with Crippen LogP contribution >= 0.6 is 15.9 Å². The lowest BCUT2D eigenvalue weighted by molar-refractivity contribution is -0.116. The molecule has 1 aromatic heterocycles. The molecule has 6 nitrogen and oxygen atoms in total. The molecule has 31 heavy (non-hydrogen) atoms. The highest BCUT2D eigenvalue weighted by Gasteiger charge is 2.26. The molecule has 3 aromatic rings. The van der Waals surface area contributed by atoms with E-state index in [1.165, 1.54) is 37.3 Å². The van der Waals surface area contributed by atoms with Crippen molar-refractivity contribution in [1.82, 2.24) is 4.57 Å². The number of carbonyl (C=O) groups excluding carboxylic acids is 1. The molecule has 0 aliphatic heterocycles. The van der Waals surface area contributed by atoms with Gasteiger partial charge in [-0.3, -0.25) is 9.59 Å². The Morgan fingerprint density at radius 3 is 2.32 bits per heavy atom. The average molecular weight is 507 g/mol. The minimum Gasteiger partial charge on any atom is -0.322 e. The first kappa shape index (κ1) is 22.9. The van der Waals surface area contributed by atoms with Gasteiger partial charge in [-0.1, -0.05) is 33.6 Å². The van der Waals surface area contributed by atoms with E-state index in [4.69, 9.17) is 0 Å². The molecular formula is C22H20BrFN2O4S. The van der Waals surface area contributed by atoms with Crippen LogP contribution in [0.25, 0.3) is 0 Å². The fraction of sp³-hybridized carbons (Fsp3) is 0.182. The number of pyridine rings is 1. The Bertz CT molecular complexity index is 1330. The highest BCUT2D eigenvalue weighted by Crippen LogP contribution is 2.23. The van der Waals surface area contributed by atoms with Gasteiger partial charge < -0.3 is 9.88 Å². The first-order chi connectivity index (χ1) is 14.5. The number of anilines is 1. The molecule has 1 heterocycles. The third-order valence-corrected chi connectivity index (χ3v) is 7.18. The zero-order valence-electron chi connectivity index (χ0n) is 17.1. The van der Waals surface area contributed by atoms with E-state index in [0.717, 1.165) is 10.1 Å². The van der Waals surface area contributed by atoms with Crippen LogP contribution in [0.5, 0.6) is 0 Å². The van der Waals surface area contributed by atoms with Gasteiger partial charge in [0, 0.05) is 10.2 Å². The lowest BCUT2D eigenvalue weighted by Crippen LogP contribution is -2.33. The fourth-order valence-electron chi connectivity index (χ4n) is 3.19. The normalized spacial score (nSPS) is 11.4. The smallest absolute Gasteiger partial charge is 0.270 e. The van der Waals surface area contributed by atoms with Crippen molar-refractivity contribution in [2.24, 2.45) is 0 Å². The van der Waals surface area contributed by atoms with Crippen LogP contribution in [0.2, 0.25) is 0 Å². The first-order valence-corrected chi connectivity index (χ1v) is 11.6. The van der Waals surface area contributed by atoms with Gasteiger partial charge in [0.25, 0.3) is 5.56 Å². The van der Waals surface area contributed by atoms with Gasteiger partial charge in [-0.2, -0.15) is 0 Å². The third kappa shape index (κ3) is 4.77. The number of aryl methyl sites for hydroxylation is 3. The number of rotatable bonds is 5. The topological polar surface area (TPSA) is 85.2 Å². The van der Waals surface area contributed by atoms with Crippen molar-refractivity contribution >= 4 is 37.4 Å². The SMILES string of the molecule is Cc1ccc(S(=O)(=O)c2c(C)cc(C)n(CC(=O)Nc3ccc(Br)cc3F)c2=O)cc1. The van der Waals surface area contributed by atoms with Crippen LogP contribution < -0.4 is 10.9 Å². The number of sulfone groups is 1. The van der Waals surface area contributed by atoms with E-state index in [1.54, 1.807) is 25.1 Å². The van der Waals surface area contributed by atoms with E-state index in [1.807, 2.05) is 6.92 Å². The number of nitrogens with zero attached hydrogens (tertiary/aromatic N) is 1. The maximum absolute atomic E-state index is 14.0. The van der Waals surface area contributed by atoms with E-state index in [9.17, 15) is 22.4 Å². The Morgan fingerprint density at radius 2 is 1.71 bits per heavy atom. The van der Waals surface area contributed by atoms with Gasteiger partial charge in [0.1, 0.15) is 17.3 Å². The lowest BCUT2D eigenvalue weighted by atomic mass is 10.2. The predicted octanol–water partition coefficient (Wildman–Crippen LogP) is 4.15. The number of amides is 1. The van der Waals surface area contributed by atoms with Crippen molar-refractivity contribution in [2.45, 2.75) is 37.1 Å². The van der Waals surface area contributed by atoms with Crippen LogP contribution in [0.3, 0.4) is 0 Å². The molecule has 0 fully saturated rings. The summed E-state index contributed by atoms with van der Waals surface area (Å²) in [5, 5.41) is 2.41. The number of hydrogen-bond acceptors (Lipinski definition) is 4. The van der Waals surface area contributed by atoms with Gasteiger partial charge in [0.2, 0.25) is 15.7 Å². The minimum atomic E-state index is -4.09. The molecule has 2 aromatic carbocycles. The van der Waals surface area contributed by atoms with E-state index < -0.39 is 33.7 Å². The van der Waals surface area contributed by atoms with Crippen molar-refractivity contribution in [3.8, 4) is 0 Å². The minimum absolute atomic E-state index is 0.00455. The summed E-state index contributed by atoms with van der Waals surface area (Å²) in [6, 6.07) is 11.9. The van der Waals surface area contributed by atoms with Gasteiger partial charge in [-0.05, 0) is 62.7 Å². The highest BCUT2D eigenvalue weighted by molar-refractivity contribution is 9.10. The second kappa shape index (κ2) is 8.76. The van der Waals surface area contributed by atoms with Crippen molar-refractivity contribution < 1.29 is 17.6 Å². The molecular weight excluding hydrogens is 487 g/mol. The molecule has 9 heteroatoms. The Hall–Kier alpha value is -2.78. The molecule has 1 amide bonds. The van der Waals surface area contributed by atoms with Gasteiger partial charge in [0.15, 0.2) is 0 Å². The van der Waals surface area contributed by atoms with E-state index in [2.05, 4.69) is 21.2 Å². The van der Waals surface area contributed by atoms with Crippen molar-refractivity contribution in [2.75, 3.05) is 5.32 Å². The van der Waals surface area contributed by atoms with Crippen molar-refractivity contribution in [3.63, 3.8) is 0 Å². The molecule has 0 saturated carbocycles. The molecule has 0 atom stereocenters. The Balaban J connectivity index is 2.00. The van der Waals surface area contributed by atoms with Gasteiger partial charge in [-0.15, -0.1) is 0 Å². The zero-order chi connectivity index (χ0) is 22.9. The Labute approximate surface area is 187 Å². The summed E-state index contributed by atoms with van der Waals surface area (Å²) in [5.74, 6) is -1.30. The number of halogens is 2. The third-order valence-electron chi connectivity index (χ3n) is 4.76. The maximum atomic E-state index is 14.0. The number of benzene rings is 2. The first-order valence-electron chi connectivity index (χ1n) is 9.28. The molecule has 0 spiro atoms. The van der Waals surface area contributed by atoms with Crippen LogP contribution in [0.15, 0.2) is 67.6 Å². The van der Waals surface area contributed by atoms with Crippen molar-refractivity contribution in [3.05, 3.63) is 86.0 Å². The predicted molar refractivity (Wildman–Crippen MR) is 120 cm³/mol. The van der Waals surface area contributed by atoms with Crippen LogP contribution in [0.1, 0.15) is 16.8 Å². The van der Waals surface area contributed by atoms with Crippen molar-refractivity contribution in [1.29, 1.82) is 0 Å². The molecule has 162 valence electrons. The van der Waals surface area contributed by atoms with E-state index in [0.29, 0.717) is 15.7 Å². The highest BCUT2D eigenvalue weighted by atomic mass is 79.9. The molecule has 0 aliphatic carbocycles. The Morgan fingerprint density at radius 1 is 1.06 bits per heavy atom. The maximum Gasteiger partial charge on any atom is 0.270 e. The van der Waals surface area contributed by atoms with Crippen LogP contribution in [-0.2, 0) is 21.2 Å². The van der Waals surface area contributed by atoms with Crippen LogP contribution in [-0.4, -0.2) is 18.9 Å². The molecule has 0 radical (unpaired) electrons. The average Bonchev–Trinajstić information content (AvgIpc) is 2.67. The second-order valence-electron chi connectivity index (χ2n) is 7.18. The Kier molecular flexibility index (Phi) is 6.47. The number of hydrogen-bond donors (Lipinski definition) is 1. The van der Waals surface area contributed by atoms with Crippen LogP contribution in [0, 0.1) is 26.6 Å². The summed E-state index contributed by atoms with van der Waals surface area (Å²) in [4.78, 5) is 25.2. The standard InChI is InChI=1S/C22H20BrFN2O4S/c1-13-4-7-17(8-5-13)31(29,30)21-14(2)10-15(3)26(22(21)28)12-20(27)25-19-9-6-16(23)11-18(19)24/h4-11H,12H2,1-3H3,(H,25,27). The largest absolute Gasteiger partial charge is 0.322 e. The lowest BCUT2D eigenvalue weighted by Gasteiger charge is -2.15. The summed E-state index contributed by atoms with van der Waals surface area (Å²) in [7, 11) is -4.09. The summed E-state index contributed by atoms with van der Waals surface area (Å²) < 4.78 is 41.9. The van der Waals surface area contributed by atoms with Gasteiger partial charge in [-0.25, -0.2) is 12.8 Å². The second-order valence-corrected chi connectivity index (χ2v) is 9.98. The summed E-state index contributed by atoms with van der Waals surface area (Å²) in [6.07, 6.45) is 0. The zero-order valence-corrected chi connectivity index (χ0v) is 19.5. The number of carbonyl (C=O) groups is 1.